The maximum absolute atomic E-state index is 5.88. The minimum Gasteiger partial charge on any atom is -0.348 e. The number of aromatic nitrogens is 1. The molecule has 0 aliphatic carbocycles. The molecule has 0 amide bonds. The number of thiazole rings is 1. The molecule has 1 saturated heterocycles. The first-order valence-corrected chi connectivity index (χ1v) is 7.50. The molecule has 1 atom stereocenters. The van der Waals surface area contributed by atoms with Gasteiger partial charge in [-0.05, 0) is 25.3 Å². The van der Waals surface area contributed by atoms with Gasteiger partial charge in [-0.25, -0.2) is 4.98 Å². The Morgan fingerprint density at radius 1 is 1.65 bits per heavy atom. The molecule has 0 spiro atoms. The van der Waals surface area contributed by atoms with Gasteiger partial charge in [0.1, 0.15) is 5.15 Å². The molecule has 1 aromatic rings. The van der Waals surface area contributed by atoms with E-state index in [0.29, 0.717) is 11.2 Å². The van der Waals surface area contributed by atoms with Crippen LogP contribution in [0, 0.1) is 5.92 Å². The Bertz CT molecular complexity index is 353. The zero-order valence-electron chi connectivity index (χ0n) is 10.4. The Morgan fingerprint density at radius 3 is 3.12 bits per heavy atom. The second-order valence-corrected chi connectivity index (χ2v) is 6.19. The first kappa shape index (κ1) is 13.1. The van der Waals surface area contributed by atoms with Crippen molar-refractivity contribution in [1.29, 1.82) is 0 Å². The molecule has 1 aliphatic heterocycles. The standard InChI is InChI=1S/C12H20ClN3S/c1-9(2)14-6-10-4-3-5-16(7-10)12-15-11(13)8-17-12/h8-10,14H,3-7H2,1-2H3. The van der Waals surface area contributed by atoms with Crippen molar-refractivity contribution >= 4 is 28.1 Å². The van der Waals surface area contributed by atoms with Crippen LogP contribution in [0.1, 0.15) is 26.7 Å². The van der Waals surface area contributed by atoms with Gasteiger partial charge >= 0.3 is 0 Å². The lowest BCUT2D eigenvalue weighted by Gasteiger charge is -2.33. The largest absolute Gasteiger partial charge is 0.348 e. The highest BCUT2D eigenvalue weighted by molar-refractivity contribution is 7.14. The van der Waals surface area contributed by atoms with E-state index < -0.39 is 0 Å². The smallest absolute Gasteiger partial charge is 0.186 e. The van der Waals surface area contributed by atoms with Crippen LogP contribution in [0.25, 0.3) is 0 Å². The third-order valence-corrected chi connectivity index (χ3v) is 4.29. The van der Waals surface area contributed by atoms with Gasteiger partial charge < -0.3 is 10.2 Å². The van der Waals surface area contributed by atoms with Crippen molar-refractivity contribution in [3.63, 3.8) is 0 Å². The summed E-state index contributed by atoms with van der Waals surface area (Å²) < 4.78 is 0. The summed E-state index contributed by atoms with van der Waals surface area (Å²) in [6, 6.07) is 0.569. The SMILES string of the molecule is CC(C)NCC1CCCN(c2nc(Cl)cs2)C1. The van der Waals surface area contributed by atoms with Crippen LogP contribution in [0.15, 0.2) is 5.38 Å². The molecule has 2 heterocycles. The number of nitrogens with zero attached hydrogens (tertiary/aromatic N) is 2. The van der Waals surface area contributed by atoms with Gasteiger partial charge in [-0.3, -0.25) is 0 Å². The van der Waals surface area contributed by atoms with Gasteiger partial charge in [0.25, 0.3) is 0 Å². The van der Waals surface area contributed by atoms with E-state index in [0.717, 1.165) is 30.7 Å². The number of hydrogen-bond donors (Lipinski definition) is 1. The van der Waals surface area contributed by atoms with Crippen molar-refractivity contribution in [3.05, 3.63) is 10.5 Å². The van der Waals surface area contributed by atoms with Crippen LogP contribution in [-0.4, -0.2) is 30.7 Å². The van der Waals surface area contributed by atoms with Gasteiger partial charge in [0, 0.05) is 24.5 Å². The third-order valence-electron chi connectivity index (χ3n) is 3.07. The van der Waals surface area contributed by atoms with Crippen molar-refractivity contribution < 1.29 is 0 Å². The molecule has 1 unspecified atom stereocenters. The summed E-state index contributed by atoms with van der Waals surface area (Å²) in [5, 5.41) is 7.12. The van der Waals surface area contributed by atoms with Crippen LogP contribution in [0.3, 0.4) is 0 Å². The molecule has 96 valence electrons. The monoisotopic (exact) mass is 273 g/mol. The zero-order chi connectivity index (χ0) is 12.3. The van der Waals surface area contributed by atoms with Gasteiger partial charge in [-0.15, -0.1) is 11.3 Å². The van der Waals surface area contributed by atoms with Crippen molar-refractivity contribution in [3.8, 4) is 0 Å². The summed E-state index contributed by atoms with van der Waals surface area (Å²) >= 11 is 7.52. The van der Waals surface area contributed by atoms with E-state index in [1.54, 1.807) is 11.3 Å². The molecule has 1 fully saturated rings. The van der Waals surface area contributed by atoms with Crippen LogP contribution >= 0.6 is 22.9 Å². The minimum absolute atomic E-state index is 0.569. The number of nitrogens with one attached hydrogen (secondary N) is 1. The van der Waals surface area contributed by atoms with Crippen LogP contribution in [0.2, 0.25) is 5.15 Å². The average Bonchev–Trinajstić information content (AvgIpc) is 2.74. The molecule has 1 N–H and O–H groups in total. The predicted molar refractivity (Wildman–Crippen MR) is 75.2 cm³/mol. The second-order valence-electron chi connectivity index (χ2n) is 4.97. The van der Waals surface area contributed by atoms with Crippen LogP contribution in [-0.2, 0) is 0 Å². The summed E-state index contributed by atoms with van der Waals surface area (Å²) in [6.07, 6.45) is 2.57. The molecule has 0 aromatic carbocycles. The maximum Gasteiger partial charge on any atom is 0.186 e. The van der Waals surface area contributed by atoms with E-state index in [2.05, 4.69) is 29.0 Å². The Labute approximate surface area is 112 Å². The van der Waals surface area contributed by atoms with E-state index >= 15 is 0 Å². The highest BCUT2D eigenvalue weighted by Gasteiger charge is 2.21. The molecule has 5 heteroatoms. The minimum atomic E-state index is 0.569. The third kappa shape index (κ3) is 3.83. The number of rotatable bonds is 4. The fourth-order valence-electron chi connectivity index (χ4n) is 2.20. The van der Waals surface area contributed by atoms with Gasteiger partial charge in [-0.2, -0.15) is 0 Å². The number of anilines is 1. The van der Waals surface area contributed by atoms with Crippen molar-refractivity contribution in [2.24, 2.45) is 5.92 Å². The van der Waals surface area contributed by atoms with Gasteiger partial charge in [0.15, 0.2) is 5.13 Å². The summed E-state index contributed by atoms with van der Waals surface area (Å²) in [4.78, 5) is 6.72. The summed E-state index contributed by atoms with van der Waals surface area (Å²) in [7, 11) is 0. The fourth-order valence-corrected chi connectivity index (χ4v) is 3.18. The fraction of sp³-hybridized carbons (Fsp3) is 0.750. The lowest BCUT2D eigenvalue weighted by molar-refractivity contribution is 0.379. The maximum atomic E-state index is 5.88. The molecule has 17 heavy (non-hydrogen) atoms. The van der Waals surface area contributed by atoms with Crippen molar-refractivity contribution in [2.45, 2.75) is 32.7 Å². The highest BCUT2D eigenvalue weighted by atomic mass is 35.5. The molecular formula is C12H20ClN3S. The normalized spacial score (nSPS) is 21.2. The van der Waals surface area contributed by atoms with Crippen LogP contribution in [0.5, 0.6) is 0 Å². The van der Waals surface area contributed by atoms with Crippen LogP contribution < -0.4 is 10.2 Å². The summed E-state index contributed by atoms with van der Waals surface area (Å²) in [5.74, 6) is 0.730. The Kier molecular flexibility index (Phi) is 4.65. The Balaban J connectivity index is 1.88. The van der Waals surface area contributed by atoms with Gasteiger partial charge in [-0.1, -0.05) is 25.4 Å². The van der Waals surface area contributed by atoms with E-state index in [-0.39, 0.29) is 0 Å². The molecule has 2 rings (SSSR count). The first-order valence-electron chi connectivity index (χ1n) is 6.24. The van der Waals surface area contributed by atoms with Crippen LogP contribution in [0.4, 0.5) is 5.13 Å². The van der Waals surface area contributed by atoms with E-state index in [9.17, 15) is 0 Å². The molecule has 1 aliphatic rings. The Morgan fingerprint density at radius 2 is 2.47 bits per heavy atom. The van der Waals surface area contributed by atoms with Crippen molar-refractivity contribution in [2.75, 3.05) is 24.5 Å². The molecule has 0 saturated carbocycles. The lowest BCUT2D eigenvalue weighted by Crippen LogP contribution is -2.41. The quantitative estimate of drug-likeness (QED) is 0.914. The Hall–Kier alpha value is -0.320. The molecule has 1 aromatic heterocycles. The number of halogens is 1. The lowest BCUT2D eigenvalue weighted by atomic mass is 9.98. The molecule has 0 radical (unpaired) electrons. The summed E-state index contributed by atoms with van der Waals surface area (Å²) in [5.41, 5.74) is 0. The molecular weight excluding hydrogens is 254 g/mol. The zero-order valence-corrected chi connectivity index (χ0v) is 12.0. The molecule has 3 nitrogen and oxygen atoms in total. The van der Waals surface area contributed by atoms with Crippen molar-refractivity contribution in [1.82, 2.24) is 10.3 Å². The number of piperidine rings is 1. The van der Waals surface area contributed by atoms with E-state index in [4.69, 9.17) is 11.6 Å². The first-order chi connectivity index (χ1) is 8.15. The average molecular weight is 274 g/mol. The summed E-state index contributed by atoms with van der Waals surface area (Å²) in [6.45, 7) is 7.71. The second kappa shape index (κ2) is 6.03. The topological polar surface area (TPSA) is 28.2 Å². The number of hydrogen-bond acceptors (Lipinski definition) is 4. The predicted octanol–water partition coefficient (Wildman–Crippen LogP) is 3.01. The van der Waals surface area contributed by atoms with E-state index in [1.807, 2.05) is 5.38 Å². The van der Waals surface area contributed by atoms with Gasteiger partial charge in [0.2, 0.25) is 0 Å². The highest BCUT2D eigenvalue weighted by Crippen LogP contribution is 2.27. The molecule has 0 bridgehead atoms. The van der Waals surface area contributed by atoms with E-state index in [1.165, 1.54) is 12.8 Å². The van der Waals surface area contributed by atoms with Gasteiger partial charge in [0.05, 0.1) is 0 Å².